The molecule has 0 spiro atoms. The van der Waals surface area contributed by atoms with E-state index in [4.69, 9.17) is 0 Å². The predicted molar refractivity (Wildman–Crippen MR) is 72.9 cm³/mol. The van der Waals surface area contributed by atoms with Crippen LogP contribution >= 0.6 is 12.4 Å². The number of amides is 1. The van der Waals surface area contributed by atoms with Gasteiger partial charge in [0.15, 0.2) is 0 Å². The average Bonchev–Trinajstić information content (AvgIpc) is 2.80. The monoisotopic (exact) mass is 254 g/mol. The lowest BCUT2D eigenvalue weighted by Crippen LogP contribution is -2.41. The maximum absolute atomic E-state index is 12.1. The van der Waals surface area contributed by atoms with E-state index < -0.39 is 0 Å². The largest absolute Gasteiger partial charge is 0.314 e. The molecule has 1 aromatic carbocycles. The minimum absolute atomic E-state index is 0. The van der Waals surface area contributed by atoms with Gasteiger partial charge in [0.05, 0.1) is 6.04 Å². The molecule has 0 bridgehead atoms. The van der Waals surface area contributed by atoms with Gasteiger partial charge in [0, 0.05) is 12.7 Å². The van der Waals surface area contributed by atoms with Crippen molar-refractivity contribution in [3.05, 3.63) is 29.8 Å². The van der Waals surface area contributed by atoms with Crippen molar-refractivity contribution in [1.82, 2.24) is 5.32 Å². The molecule has 1 saturated heterocycles. The van der Waals surface area contributed by atoms with Crippen LogP contribution in [0.2, 0.25) is 0 Å². The van der Waals surface area contributed by atoms with E-state index in [0.717, 1.165) is 25.1 Å². The third kappa shape index (κ3) is 3.20. The Balaban J connectivity index is 0.00000144. The van der Waals surface area contributed by atoms with Crippen LogP contribution < -0.4 is 10.2 Å². The van der Waals surface area contributed by atoms with E-state index in [0.29, 0.717) is 0 Å². The normalized spacial score (nSPS) is 18.6. The maximum atomic E-state index is 12.1. The summed E-state index contributed by atoms with van der Waals surface area (Å²) in [6.45, 7) is 2.99. The van der Waals surface area contributed by atoms with Crippen molar-refractivity contribution in [1.29, 1.82) is 0 Å². The molecule has 0 saturated carbocycles. The fourth-order valence-electron chi connectivity index (χ4n) is 2.09. The zero-order valence-electron chi connectivity index (χ0n) is 10.3. The summed E-state index contributed by atoms with van der Waals surface area (Å²) in [5.74, 6) is 0.170. The van der Waals surface area contributed by atoms with Crippen LogP contribution in [0.25, 0.3) is 0 Å². The second kappa shape index (κ2) is 6.03. The van der Waals surface area contributed by atoms with Crippen LogP contribution in [0.1, 0.15) is 18.4 Å². The van der Waals surface area contributed by atoms with Gasteiger partial charge in [-0.15, -0.1) is 12.4 Å². The van der Waals surface area contributed by atoms with E-state index in [9.17, 15) is 4.79 Å². The molecule has 0 aliphatic carbocycles. The van der Waals surface area contributed by atoms with Gasteiger partial charge in [-0.3, -0.25) is 4.79 Å². The first-order valence-corrected chi connectivity index (χ1v) is 5.76. The van der Waals surface area contributed by atoms with Gasteiger partial charge in [-0.05, 0) is 44.0 Å². The number of nitrogens with zero attached hydrogens (tertiary/aromatic N) is 1. The molecule has 4 heteroatoms. The summed E-state index contributed by atoms with van der Waals surface area (Å²) >= 11 is 0. The van der Waals surface area contributed by atoms with Crippen molar-refractivity contribution in [2.75, 3.05) is 18.5 Å². The summed E-state index contributed by atoms with van der Waals surface area (Å²) in [6, 6.07) is 8.03. The van der Waals surface area contributed by atoms with Gasteiger partial charge < -0.3 is 10.2 Å². The minimum Gasteiger partial charge on any atom is -0.314 e. The molecule has 1 aromatic rings. The van der Waals surface area contributed by atoms with Gasteiger partial charge in [0.1, 0.15) is 0 Å². The Bertz CT molecular complexity index is 389. The molecule has 0 aromatic heterocycles. The molecular weight excluding hydrogens is 236 g/mol. The molecule has 17 heavy (non-hydrogen) atoms. The SMILES string of the molecule is Cc1cccc(N(C)C(=O)C2CCCN2)c1.Cl. The smallest absolute Gasteiger partial charge is 0.243 e. The van der Waals surface area contributed by atoms with E-state index >= 15 is 0 Å². The molecule has 1 N–H and O–H groups in total. The number of halogens is 1. The number of carbonyl (C=O) groups excluding carboxylic acids is 1. The first-order valence-electron chi connectivity index (χ1n) is 5.76. The highest BCUT2D eigenvalue weighted by atomic mass is 35.5. The molecule has 0 radical (unpaired) electrons. The Kier molecular flexibility index (Phi) is 4.97. The zero-order chi connectivity index (χ0) is 11.5. The van der Waals surface area contributed by atoms with E-state index in [-0.39, 0.29) is 24.4 Å². The first kappa shape index (κ1) is 14.0. The number of aryl methyl sites for hydroxylation is 1. The van der Waals surface area contributed by atoms with Crippen LogP contribution in [-0.2, 0) is 4.79 Å². The summed E-state index contributed by atoms with van der Waals surface area (Å²) in [5.41, 5.74) is 2.15. The Morgan fingerprint density at radius 2 is 2.24 bits per heavy atom. The number of nitrogens with one attached hydrogen (secondary N) is 1. The molecule has 1 aliphatic heterocycles. The number of likely N-dealkylation sites (N-methyl/N-ethyl adjacent to an activating group) is 1. The average molecular weight is 255 g/mol. The van der Waals surface area contributed by atoms with E-state index in [1.807, 2.05) is 38.2 Å². The second-order valence-corrected chi connectivity index (χ2v) is 4.39. The highest BCUT2D eigenvalue weighted by Crippen LogP contribution is 2.17. The van der Waals surface area contributed by atoms with Gasteiger partial charge in [0.25, 0.3) is 0 Å². The number of benzene rings is 1. The summed E-state index contributed by atoms with van der Waals surface area (Å²) in [6.07, 6.45) is 2.05. The minimum atomic E-state index is 0. The molecular formula is C13H19ClN2O. The van der Waals surface area contributed by atoms with Gasteiger partial charge in [-0.1, -0.05) is 12.1 Å². The van der Waals surface area contributed by atoms with Crippen LogP contribution in [0, 0.1) is 6.92 Å². The summed E-state index contributed by atoms with van der Waals surface area (Å²) in [7, 11) is 1.84. The van der Waals surface area contributed by atoms with Crippen LogP contribution in [-0.4, -0.2) is 25.5 Å². The molecule has 1 unspecified atom stereocenters. The van der Waals surface area contributed by atoms with Gasteiger partial charge in [0.2, 0.25) is 5.91 Å². The molecule has 1 heterocycles. The topological polar surface area (TPSA) is 32.3 Å². The first-order chi connectivity index (χ1) is 7.68. The number of carbonyl (C=O) groups is 1. The molecule has 1 aliphatic rings. The van der Waals surface area contributed by atoms with Gasteiger partial charge in [-0.2, -0.15) is 0 Å². The quantitative estimate of drug-likeness (QED) is 0.877. The Labute approximate surface area is 109 Å². The van der Waals surface area contributed by atoms with E-state index in [1.54, 1.807) is 4.90 Å². The Morgan fingerprint density at radius 3 is 2.82 bits per heavy atom. The van der Waals surface area contributed by atoms with E-state index in [1.165, 1.54) is 5.56 Å². The summed E-state index contributed by atoms with van der Waals surface area (Å²) in [4.78, 5) is 13.9. The highest BCUT2D eigenvalue weighted by molar-refractivity contribution is 5.96. The van der Waals surface area contributed by atoms with Crippen molar-refractivity contribution >= 4 is 24.0 Å². The second-order valence-electron chi connectivity index (χ2n) is 4.39. The van der Waals surface area contributed by atoms with Crippen molar-refractivity contribution in [3.63, 3.8) is 0 Å². The number of anilines is 1. The van der Waals surface area contributed by atoms with Gasteiger partial charge in [-0.25, -0.2) is 0 Å². The lowest BCUT2D eigenvalue weighted by molar-refractivity contribution is -0.119. The van der Waals surface area contributed by atoms with Crippen molar-refractivity contribution in [3.8, 4) is 0 Å². The third-order valence-corrected chi connectivity index (χ3v) is 3.08. The van der Waals surface area contributed by atoms with Crippen LogP contribution in [0.4, 0.5) is 5.69 Å². The van der Waals surface area contributed by atoms with Crippen LogP contribution in [0.5, 0.6) is 0 Å². The Morgan fingerprint density at radius 1 is 1.47 bits per heavy atom. The Hall–Kier alpha value is -1.06. The fraction of sp³-hybridized carbons (Fsp3) is 0.462. The summed E-state index contributed by atoms with van der Waals surface area (Å²) in [5, 5.41) is 3.23. The van der Waals surface area contributed by atoms with Crippen molar-refractivity contribution in [2.45, 2.75) is 25.8 Å². The molecule has 2 rings (SSSR count). The molecule has 1 atom stereocenters. The standard InChI is InChI=1S/C13H18N2O.ClH/c1-10-5-3-6-11(9-10)15(2)13(16)12-7-4-8-14-12;/h3,5-6,9,12,14H,4,7-8H2,1-2H3;1H. The van der Waals surface area contributed by atoms with Crippen molar-refractivity contribution < 1.29 is 4.79 Å². The molecule has 1 fully saturated rings. The lowest BCUT2D eigenvalue weighted by atomic mass is 10.1. The fourth-order valence-corrected chi connectivity index (χ4v) is 2.09. The summed E-state index contributed by atoms with van der Waals surface area (Å²) < 4.78 is 0. The molecule has 94 valence electrons. The molecule has 3 nitrogen and oxygen atoms in total. The third-order valence-electron chi connectivity index (χ3n) is 3.08. The lowest BCUT2D eigenvalue weighted by Gasteiger charge is -2.21. The van der Waals surface area contributed by atoms with Crippen LogP contribution in [0.15, 0.2) is 24.3 Å². The maximum Gasteiger partial charge on any atom is 0.243 e. The van der Waals surface area contributed by atoms with Crippen LogP contribution in [0.3, 0.4) is 0 Å². The highest BCUT2D eigenvalue weighted by Gasteiger charge is 2.25. The number of rotatable bonds is 2. The van der Waals surface area contributed by atoms with Crippen molar-refractivity contribution in [2.24, 2.45) is 0 Å². The van der Waals surface area contributed by atoms with Gasteiger partial charge >= 0.3 is 0 Å². The van der Waals surface area contributed by atoms with E-state index in [2.05, 4.69) is 5.32 Å². The zero-order valence-corrected chi connectivity index (χ0v) is 11.1. The number of hydrogen-bond donors (Lipinski definition) is 1. The molecule has 1 amide bonds. The predicted octanol–water partition coefficient (Wildman–Crippen LogP) is 2.13. The number of hydrogen-bond acceptors (Lipinski definition) is 2.